The standard InChI is InChI=1S/C20H28N4O4/c25-14-21-11-10-16(9-5-4-8-15-6-2-1-3-7-15)13-22-19(27)17-12-18(26)23-24-20(17)28/h1-3,6-7,12,14,16,20,24,28H,4-5,8-11,13H2,(H,21,25)(H,22,27)(H,23,26). The molecule has 152 valence electrons. The molecule has 2 rings (SSSR count). The second-order valence-electron chi connectivity index (χ2n) is 6.80. The average molecular weight is 388 g/mol. The van der Waals surface area contributed by atoms with Gasteiger partial charge in [0.25, 0.3) is 11.8 Å². The lowest BCUT2D eigenvalue weighted by Crippen LogP contribution is -2.51. The summed E-state index contributed by atoms with van der Waals surface area (Å²) >= 11 is 0. The number of aliphatic hydroxyl groups is 1. The number of benzene rings is 1. The quantitative estimate of drug-likeness (QED) is 0.258. The van der Waals surface area contributed by atoms with Gasteiger partial charge < -0.3 is 15.7 Å². The molecule has 0 bridgehead atoms. The molecule has 1 aliphatic heterocycles. The van der Waals surface area contributed by atoms with Gasteiger partial charge >= 0.3 is 0 Å². The topological polar surface area (TPSA) is 120 Å². The van der Waals surface area contributed by atoms with Crippen molar-refractivity contribution in [1.29, 1.82) is 0 Å². The number of unbranched alkanes of at least 4 members (excludes halogenated alkanes) is 1. The van der Waals surface area contributed by atoms with Crippen molar-refractivity contribution in [2.24, 2.45) is 5.92 Å². The highest BCUT2D eigenvalue weighted by Crippen LogP contribution is 2.14. The minimum Gasteiger partial charge on any atom is -0.372 e. The van der Waals surface area contributed by atoms with Gasteiger partial charge in [-0.05, 0) is 37.2 Å². The molecule has 2 atom stereocenters. The Kier molecular flexibility index (Phi) is 9.17. The van der Waals surface area contributed by atoms with Crippen LogP contribution in [0.1, 0.15) is 31.2 Å². The van der Waals surface area contributed by atoms with E-state index in [4.69, 9.17) is 0 Å². The zero-order valence-corrected chi connectivity index (χ0v) is 15.8. The number of rotatable bonds is 12. The van der Waals surface area contributed by atoms with Crippen molar-refractivity contribution < 1.29 is 19.5 Å². The first-order valence-corrected chi connectivity index (χ1v) is 9.54. The molecule has 5 N–H and O–H groups in total. The van der Waals surface area contributed by atoms with E-state index < -0.39 is 18.0 Å². The Morgan fingerprint density at radius 2 is 2.00 bits per heavy atom. The second kappa shape index (κ2) is 11.9. The Balaban J connectivity index is 1.79. The zero-order valence-electron chi connectivity index (χ0n) is 15.8. The number of hydrogen-bond donors (Lipinski definition) is 5. The smallest absolute Gasteiger partial charge is 0.258 e. The lowest BCUT2D eigenvalue weighted by atomic mass is 9.96. The second-order valence-corrected chi connectivity index (χ2v) is 6.80. The van der Waals surface area contributed by atoms with Crippen molar-refractivity contribution in [3.8, 4) is 0 Å². The van der Waals surface area contributed by atoms with Crippen LogP contribution in [0, 0.1) is 5.92 Å². The highest BCUT2D eigenvalue weighted by atomic mass is 16.3. The van der Waals surface area contributed by atoms with Crippen LogP contribution in [0.3, 0.4) is 0 Å². The maximum atomic E-state index is 12.3. The fourth-order valence-corrected chi connectivity index (χ4v) is 3.10. The van der Waals surface area contributed by atoms with Gasteiger partial charge in [-0.2, -0.15) is 0 Å². The summed E-state index contributed by atoms with van der Waals surface area (Å²) in [5.41, 5.74) is 5.84. The fraction of sp³-hybridized carbons (Fsp3) is 0.450. The van der Waals surface area contributed by atoms with Gasteiger partial charge in [-0.25, -0.2) is 5.43 Å². The number of carbonyl (C=O) groups is 3. The molecule has 0 saturated carbocycles. The van der Waals surface area contributed by atoms with Crippen LogP contribution < -0.4 is 21.5 Å². The van der Waals surface area contributed by atoms with E-state index >= 15 is 0 Å². The van der Waals surface area contributed by atoms with Crippen molar-refractivity contribution in [2.45, 2.75) is 38.3 Å². The largest absolute Gasteiger partial charge is 0.372 e. The highest BCUT2D eigenvalue weighted by molar-refractivity contribution is 6.02. The summed E-state index contributed by atoms with van der Waals surface area (Å²) in [5.74, 6) is -0.772. The summed E-state index contributed by atoms with van der Waals surface area (Å²) in [6.07, 6.45) is 5.22. The zero-order chi connectivity index (χ0) is 20.2. The van der Waals surface area contributed by atoms with Gasteiger partial charge in [0.2, 0.25) is 6.41 Å². The molecule has 2 unspecified atom stereocenters. The Morgan fingerprint density at radius 1 is 1.21 bits per heavy atom. The van der Waals surface area contributed by atoms with Crippen LogP contribution in [0.25, 0.3) is 0 Å². The van der Waals surface area contributed by atoms with Gasteiger partial charge in [0.05, 0.1) is 5.57 Å². The maximum absolute atomic E-state index is 12.3. The van der Waals surface area contributed by atoms with Crippen LogP contribution in [-0.2, 0) is 20.8 Å². The molecule has 0 aliphatic carbocycles. The highest BCUT2D eigenvalue weighted by Gasteiger charge is 2.24. The molecule has 1 aromatic rings. The van der Waals surface area contributed by atoms with Crippen molar-refractivity contribution in [3.05, 3.63) is 47.5 Å². The van der Waals surface area contributed by atoms with Crippen LogP contribution in [0.15, 0.2) is 42.0 Å². The molecule has 8 heteroatoms. The van der Waals surface area contributed by atoms with Crippen LogP contribution in [0.4, 0.5) is 0 Å². The van der Waals surface area contributed by atoms with Crippen LogP contribution in [0.2, 0.25) is 0 Å². The number of nitrogens with one attached hydrogen (secondary N) is 4. The molecule has 0 saturated heterocycles. The number of hydrogen-bond acceptors (Lipinski definition) is 5. The number of aryl methyl sites for hydroxylation is 1. The lowest BCUT2D eigenvalue weighted by Gasteiger charge is -2.22. The monoisotopic (exact) mass is 388 g/mol. The van der Waals surface area contributed by atoms with Crippen LogP contribution in [-0.4, -0.2) is 42.6 Å². The van der Waals surface area contributed by atoms with E-state index in [-0.39, 0.29) is 11.5 Å². The molecule has 28 heavy (non-hydrogen) atoms. The van der Waals surface area contributed by atoms with Gasteiger partial charge in [0.15, 0.2) is 6.23 Å². The lowest BCUT2D eigenvalue weighted by molar-refractivity contribution is -0.123. The summed E-state index contributed by atoms with van der Waals surface area (Å²) in [7, 11) is 0. The SMILES string of the molecule is O=CNCCC(CCCCc1ccccc1)CNC(=O)C1=CC(=O)NNC1O. The summed E-state index contributed by atoms with van der Waals surface area (Å²) in [4.78, 5) is 34.1. The van der Waals surface area contributed by atoms with E-state index in [2.05, 4.69) is 33.6 Å². The van der Waals surface area contributed by atoms with Gasteiger partial charge in [0, 0.05) is 19.2 Å². The Morgan fingerprint density at radius 3 is 2.75 bits per heavy atom. The third kappa shape index (κ3) is 7.50. The molecule has 1 aliphatic rings. The van der Waals surface area contributed by atoms with Crippen molar-refractivity contribution in [2.75, 3.05) is 13.1 Å². The molecule has 1 heterocycles. The number of aliphatic hydroxyl groups excluding tert-OH is 1. The number of carbonyl (C=O) groups excluding carboxylic acids is 3. The van der Waals surface area contributed by atoms with E-state index in [1.807, 2.05) is 18.2 Å². The molecule has 8 nitrogen and oxygen atoms in total. The van der Waals surface area contributed by atoms with E-state index in [0.717, 1.165) is 38.2 Å². The van der Waals surface area contributed by atoms with Crippen LogP contribution in [0.5, 0.6) is 0 Å². The summed E-state index contributed by atoms with van der Waals surface area (Å²) in [6, 6.07) is 10.3. The molecule has 1 aromatic carbocycles. The molecular weight excluding hydrogens is 360 g/mol. The first-order valence-electron chi connectivity index (χ1n) is 9.54. The van der Waals surface area contributed by atoms with Crippen molar-refractivity contribution in [3.63, 3.8) is 0 Å². The van der Waals surface area contributed by atoms with E-state index in [0.29, 0.717) is 19.5 Å². The third-order valence-corrected chi connectivity index (χ3v) is 4.68. The molecule has 0 spiro atoms. The van der Waals surface area contributed by atoms with E-state index in [1.54, 1.807) is 0 Å². The predicted octanol–water partition coefficient (Wildman–Crippen LogP) is 0.147. The molecule has 0 fully saturated rings. The number of hydrazine groups is 1. The summed E-state index contributed by atoms with van der Waals surface area (Å²) in [6.45, 7) is 0.953. The van der Waals surface area contributed by atoms with Gasteiger partial charge in [0.1, 0.15) is 0 Å². The third-order valence-electron chi connectivity index (χ3n) is 4.68. The van der Waals surface area contributed by atoms with E-state index in [1.165, 1.54) is 5.56 Å². The van der Waals surface area contributed by atoms with Crippen molar-refractivity contribution >= 4 is 18.2 Å². The summed E-state index contributed by atoms with van der Waals surface area (Å²) in [5, 5.41) is 15.2. The summed E-state index contributed by atoms with van der Waals surface area (Å²) < 4.78 is 0. The first-order chi connectivity index (χ1) is 13.6. The van der Waals surface area contributed by atoms with E-state index in [9.17, 15) is 19.5 Å². The average Bonchev–Trinajstić information content (AvgIpc) is 2.71. The van der Waals surface area contributed by atoms with Crippen LogP contribution >= 0.6 is 0 Å². The van der Waals surface area contributed by atoms with Gasteiger partial charge in [-0.3, -0.25) is 19.8 Å². The maximum Gasteiger partial charge on any atom is 0.258 e. The van der Waals surface area contributed by atoms with Gasteiger partial charge in [-0.15, -0.1) is 0 Å². The van der Waals surface area contributed by atoms with Gasteiger partial charge in [-0.1, -0.05) is 36.8 Å². The fourth-order valence-electron chi connectivity index (χ4n) is 3.10. The minimum absolute atomic E-state index is 0.0161. The Hall–Kier alpha value is -2.71. The Labute approximate surface area is 164 Å². The van der Waals surface area contributed by atoms with Crippen molar-refractivity contribution in [1.82, 2.24) is 21.5 Å². The molecule has 0 aromatic heterocycles. The molecule has 0 radical (unpaired) electrons. The first kappa shape index (κ1) is 21.6. The normalized spacial score (nSPS) is 17.2. The Bertz CT molecular complexity index is 678. The number of amides is 3. The predicted molar refractivity (Wildman–Crippen MR) is 105 cm³/mol. The minimum atomic E-state index is -1.24. The molecular formula is C20H28N4O4. The molecule has 3 amide bonds.